The van der Waals surface area contributed by atoms with Crippen LogP contribution in [0.4, 0.5) is 0 Å². The van der Waals surface area contributed by atoms with E-state index in [1.807, 2.05) is 6.92 Å². The number of carbonyl (C=O) groups is 1. The molecule has 4 heteroatoms. The van der Waals surface area contributed by atoms with Crippen LogP contribution < -0.4 is 0 Å². The van der Waals surface area contributed by atoms with Crippen LogP contribution in [0.15, 0.2) is 12.8 Å². The van der Waals surface area contributed by atoms with Crippen molar-refractivity contribution in [2.24, 2.45) is 0 Å². The molecule has 0 aliphatic carbocycles. The quantitative estimate of drug-likeness (QED) is 0.341. The smallest absolute Gasteiger partial charge is 1.00 e. The Balaban J connectivity index is -0.0000000408. The van der Waals surface area contributed by atoms with Gasteiger partial charge >= 0.3 is 29.0 Å². The molecule has 0 aromatic rings. The van der Waals surface area contributed by atoms with Crippen LogP contribution in [0, 0.1) is 0 Å². The van der Waals surface area contributed by atoms with Crippen molar-refractivity contribution in [1.29, 1.82) is 0 Å². The van der Waals surface area contributed by atoms with E-state index >= 15 is 0 Å². The van der Waals surface area contributed by atoms with Gasteiger partial charge in [-0.2, -0.15) is 0 Å². The molecule has 0 aromatic carbocycles. The summed E-state index contributed by atoms with van der Waals surface area (Å²) in [5.41, 5.74) is 0. The molecule has 0 rings (SSSR count). The molecule has 58 valence electrons. The Morgan fingerprint density at radius 3 is 2.60 bits per heavy atom. The summed E-state index contributed by atoms with van der Waals surface area (Å²) < 4.78 is 4.41. The molecule has 2 N–H and O–H groups in total. The van der Waals surface area contributed by atoms with Crippen molar-refractivity contribution in [3.63, 3.8) is 0 Å². The van der Waals surface area contributed by atoms with E-state index in [2.05, 4.69) is 11.3 Å². The first-order chi connectivity index (χ1) is 3.81. The van der Waals surface area contributed by atoms with E-state index in [1.54, 1.807) is 0 Å². The number of hydrogen-bond donors (Lipinski definition) is 0. The molecule has 0 spiro atoms. The number of rotatable bonds is 3. The molecular weight excluding hydrogens is 144 g/mol. The van der Waals surface area contributed by atoms with Gasteiger partial charge in [0.2, 0.25) is 0 Å². The van der Waals surface area contributed by atoms with Gasteiger partial charge < -0.3 is 13.1 Å². The maximum Gasteiger partial charge on any atom is 2.00 e. The van der Waals surface area contributed by atoms with Gasteiger partial charge in [-0.05, 0) is 6.42 Å². The average molecular weight is 158 g/mol. The van der Waals surface area contributed by atoms with E-state index in [9.17, 15) is 4.79 Å². The Labute approximate surface area is 79.9 Å². The minimum atomic E-state index is -0.206. The summed E-state index contributed by atoms with van der Waals surface area (Å²) in [4.78, 5) is 10.3. The Kier molecular flexibility index (Phi) is 19.3. The number of esters is 1. The van der Waals surface area contributed by atoms with Gasteiger partial charge in [-0.1, -0.05) is 13.5 Å². The molecule has 10 heavy (non-hydrogen) atoms. The van der Waals surface area contributed by atoms with Gasteiger partial charge in [0.15, 0.2) is 0 Å². The summed E-state index contributed by atoms with van der Waals surface area (Å²) in [6.07, 6.45) is 2.46. The van der Waals surface area contributed by atoms with E-state index in [1.165, 1.54) is 0 Å². The van der Waals surface area contributed by atoms with Crippen LogP contribution in [0.3, 0.4) is 0 Å². The summed E-state index contributed by atoms with van der Waals surface area (Å²) in [5.74, 6) is -0.206. The first-order valence-corrected chi connectivity index (χ1v) is 2.61. The SMILES string of the molecule is C=COC(=O)CCC.O.[H-].[H-].[Mg+2]. The van der Waals surface area contributed by atoms with Crippen molar-refractivity contribution in [3.8, 4) is 0 Å². The number of ether oxygens (including phenoxy) is 1. The van der Waals surface area contributed by atoms with E-state index < -0.39 is 0 Å². The fraction of sp³-hybridized carbons (Fsp3) is 0.500. The van der Waals surface area contributed by atoms with Crippen LogP contribution >= 0.6 is 0 Å². The Morgan fingerprint density at radius 1 is 1.80 bits per heavy atom. The summed E-state index contributed by atoms with van der Waals surface area (Å²) in [5, 5.41) is 0. The molecule has 0 bridgehead atoms. The van der Waals surface area contributed by atoms with E-state index in [0.29, 0.717) is 6.42 Å². The van der Waals surface area contributed by atoms with Crippen molar-refractivity contribution >= 4 is 29.0 Å². The van der Waals surface area contributed by atoms with E-state index in [-0.39, 0.29) is 37.4 Å². The van der Waals surface area contributed by atoms with Gasteiger partial charge in [-0.3, -0.25) is 4.79 Å². The molecule has 0 aliphatic heterocycles. The van der Waals surface area contributed by atoms with Gasteiger partial charge in [0.05, 0.1) is 6.26 Å². The van der Waals surface area contributed by atoms with Gasteiger partial charge in [0.1, 0.15) is 0 Å². The summed E-state index contributed by atoms with van der Waals surface area (Å²) >= 11 is 0. The standard InChI is InChI=1S/C6H10O2.Mg.H2O.2H/c1-3-5-6(7)8-4-2;;;;/h4H,2-3,5H2,1H3;;1H2;;/q;+2;;2*-1. The third kappa shape index (κ3) is 10.8. The fourth-order valence-electron chi connectivity index (χ4n) is 0.356. The number of hydrogen-bond acceptors (Lipinski definition) is 2. The minimum absolute atomic E-state index is 0. The summed E-state index contributed by atoms with van der Waals surface area (Å²) in [7, 11) is 0. The molecule has 0 fully saturated rings. The molecule has 0 amide bonds. The van der Waals surface area contributed by atoms with Crippen molar-refractivity contribution in [2.75, 3.05) is 0 Å². The molecule has 0 radical (unpaired) electrons. The first kappa shape index (κ1) is 16.5. The van der Waals surface area contributed by atoms with E-state index in [4.69, 9.17) is 0 Å². The second-order valence-corrected chi connectivity index (χ2v) is 1.41. The zero-order valence-electron chi connectivity index (χ0n) is 8.22. The second-order valence-electron chi connectivity index (χ2n) is 1.41. The zero-order chi connectivity index (χ0) is 6.41. The van der Waals surface area contributed by atoms with E-state index in [0.717, 1.165) is 12.7 Å². The van der Waals surface area contributed by atoms with Crippen LogP contribution in [0.25, 0.3) is 0 Å². The van der Waals surface area contributed by atoms with Gasteiger partial charge in [0, 0.05) is 6.42 Å². The largest absolute Gasteiger partial charge is 2.00 e. The first-order valence-electron chi connectivity index (χ1n) is 2.61. The van der Waals surface area contributed by atoms with Crippen LogP contribution in [-0.2, 0) is 9.53 Å². The van der Waals surface area contributed by atoms with Crippen LogP contribution in [0.5, 0.6) is 0 Å². The topological polar surface area (TPSA) is 57.8 Å². The van der Waals surface area contributed by atoms with Crippen LogP contribution in [0.1, 0.15) is 22.6 Å². The maximum absolute atomic E-state index is 10.3. The van der Waals surface area contributed by atoms with Crippen molar-refractivity contribution in [3.05, 3.63) is 12.8 Å². The van der Waals surface area contributed by atoms with Crippen LogP contribution in [-0.4, -0.2) is 34.5 Å². The second kappa shape index (κ2) is 11.7. The molecule has 0 saturated carbocycles. The molecular formula is C6H14MgO3. The van der Waals surface area contributed by atoms with Crippen molar-refractivity contribution < 1.29 is 17.9 Å². The van der Waals surface area contributed by atoms with Crippen molar-refractivity contribution in [1.82, 2.24) is 0 Å². The monoisotopic (exact) mass is 158 g/mol. The van der Waals surface area contributed by atoms with Crippen LogP contribution in [0.2, 0.25) is 0 Å². The van der Waals surface area contributed by atoms with Gasteiger partial charge in [0.25, 0.3) is 0 Å². The third-order valence-corrected chi connectivity index (χ3v) is 0.669. The molecule has 0 saturated heterocycles. The molecule has 0 aromatic heterocycles. The average Bonchev–Trinajstić information content (AvgIpc) is 1.68. The molecule has 0 aliphatic rings. The number of carbonyl (C=O) groups excluding carboxylic acids is 1. The van der Waals surface area contributed by atoms with Gasteiger partial charge in [-0.15, -0.1) is 0 Å². The summed E-state index contributed by atoms with van der Waals surface area (Å²) in [6.45, 7) is 5.16. The predicted octanol–water partition coefficient (Wildman–Crippen LogP) is 0.493. The third-order valence-electron chi connectivity index (χ3n) is 0.669. The summed E-state index contributed by atoms with van der Waals surface area (Å²) in [6, 6.07) is 0. The zero-order valence-corrected chi connectivity index (χ0v) is 7.64. The predicted molar refractivity (Wildman–Crippen MR) is 42.8 cm³/mol. The van der Waals surface area contributed by atoms with Gasteiger partial charge in [-0.25, -0.2) is 0 Å². The Bertz CT molecular complexity index is 101. The Hall–Kier alpha value is -0.0638. The fourth-order valence-corrected chi connectivity index (χ4v) is 0.356. The van der Waals surface area contributed by atoms with Crippen molar-refractivity contribution in [2.45, 2.75) is 19.8 Å². The normalized spacial score (nSPS) is 6.50. The minimum Gasteiger partial charge on any atom is -1.00 e. The maximum atomic E-state index is 10.3. The Morgan fingerprint density at radius 2 is 2.30 bits per heavy atom. The molecule has 3 nitrogen and oxygen atoms in total. The molecule has 0 heterocycles. The molecule has 0 atom stereocenters. The molecule has 0 unspecified atom stereocenters.